The molecule has 1 amide bonds. The van der Waals surface area contributed by atoms with Gasteiger partial charge in [-0.25, -0.2) is 0 Å². The van der Waals surface area contributed by atoms with Crippen LogP contribution in [-0.4, -0.2) is 18.7 Å². The minimum atomic E-state index is -0.258. The summed E-state index contributed by atoms with van der Waals surface area (Å²) in [5.74, 6) is -0.373. The Morgan fingerprint density at radius 2 is 1.96 bits per heavy atom. The van der Waals surface area contributed by atoms with E-state index in [2.05, 4.69) is 22.8 Å². The Balaban J connectivity index is 1.74. The Kier molecular flexibility index (Phi) is 6.07. The highest BCUT2D eigenvalue weighted by molar-refractivity contribution is 6.21. The molecule has 1 atom stereocenters. The standard InChI is InChI=1S/C23H25N2O2/c1-16(15-26)20-12-6-11-19-14-25-17(2)21(22(19)20)23(27)24-13-7-10-18-8-4-3-5-9-18/h3-6,8-9,11-12,15-16H,7,10,13-14H2,1-2H3,(H,24,27)/t16-/m1/s1. The van der Waals surface area contributed by atoms with Gasteiger partial charge in [0.05, 0.1) is 12.1 Å². The molecule has 1 radical (unpaired) electrons. The van der Waals surface area contributed by atoms with Gasteiger partial charge in [0.2, 0.25) is 0 Å². The number of nitrogens with zero attached hydrogens (tertiary/aromatic N) is 1. The Bertz CT molecular complexity index is 856. The highest BCUT2D eigenvalue weighted by Gasteiger charge is 2.27. The summed E-state index contributed by atoms with van der Waals surface area (Å²) < 4.78 is 0. The summed E-state index contributed by atoms with van der Waals surface area (Å²) >= 11 is 0. The molecule has 2 aromatic rings. The smallest absolute Gasteiger partial charge is 0.253 e. The second kappa shape index (κ2) is 8.67. The molecule has 3 rings (SSSR count). The number of allylic oxidation sites excluding steroid dienone is 1. The zero-order valence-corrected chi connectivity index (χ0v) is 15.9. The van der Waals surface area contributed by atoms with Gasteiger partial charge in [-0.05, 0) is 42.0 Å². The average Bonchev–Trinajstić information content (AvgIpc) is 2.70. The van der Waals surface area contributed by atoms with Crippen molar-refractivity contribution in [3.63, 3.8) is 0 Å². The Hall–Kier alpha value is -2.88. The van der Waals surface area contributed by atoms with Gasteiger partial charge in [0, 0.05) is 18.2 Å². The van der Waals surface area contributed by atoms with Crippen molar-refractivity contribution in [3.05, 3.63) is 76.5 Å². The van der Waals surface area contributed by atoms with E-state index in [1.165, 1.54) is 5.56 Å². The maximum atomic E-state index is 12.9. The third-order valence-electron chi connectivity index (χ3n) is 4.97. The second-order valence-electron chi connectivity index (χ2n) is 6.93. The topological polar surface area (TPSA) is 60.3 Å². The molecular formula is C23H25N2O2. The molecule has 1 N–H and O–H groups in total. The lowest BCUT2D eigenvalue weighted by atomic mass is 9.85. The fraction of sp³-hybridized carbons (Fsp3) is 0.304. The SMILES string of the molecule is CC1=C(C(=O)NCCCc2ccccc2)c2c(cccc2[C@H](C)C=O)C[N]1. The van der Waals surface area contributed by atoms with Crippen molar-refractivity contribution in [2.24, 2.45) is 0 Å². The molecule has 2 aromatic carbocycles. The van der Waals surface area contributed by atoms with Crippen molar-refractivity contribution in [2.45, 2.75) is 39.2 Å². The molecule has 0 saturated carbocycles. The fourth-order valence-corrected chi connectivity index (χ4v) is 3.48. The number of aryl methyl sites for hydroxylation is 1. The van der Waals surface area contributed by atoms with Crippen LogP contribution in [0.2, 0.25) is 0 Å². The fourth-order valence-electron chi connectivity index (χ4n) is 3.48. The number of nitrogens with one attached hydrogen (secondary N) is 1. The van der Waals surface area contributed by atoms with Gasteiger partial charge in [-0.3, -0.25) is 10.1 Å². The van der Waals surface area contributed by atoms with Crippen LogP contribution < -0.4 is 10.6 Å². The molecule has 27 heavy (non-hydrogen) atoms. The van der Waals surface area contributed by atoms with Crippen molar-refractivity contribution in [1.29, 1.82) is 0 Å². The second-order valence-corrected chi connectivity index (χ2v) is 6.93. The van der Waals surface area contributed by atoms with Gasteiger partial charge in [0.1, 0.15) is 6.29 Å². The molecule has 0 unspecified atom stereocenters. The molecule has 0 fully saturated rings. The van der Waals surface area contributed by atoms with E-state index in [1.54, 1.807) is 0 Å². The van der Waals surface area contributed by atoms with E-state index in [-0.39, 0.29) is 11.8 Å². The van der Waals surface area contributed by atoms with Crippen molar-refractivity contribution >= 4 is 17.8 Å². The van der Waals surface area contributed by atoms with Crippen LogP contribution in [-0.2, 0) is 22.6 Å². The lowest BCUT2D eigenvalue weighted by Crippen LogP contribution is -2.30. The number of benzene rings is 2. The third-order valence-corrected chi connectivity index (χ3v) is 4.97. The van der Waals surface area contributed by atoms with Crippen molar-refractivity contribution < 1.29 is 9.59 Å². The van der Waals surface area contributed by atoms with Crippen LogP contribution in [0.25, 0.3) is 5.57 Å². The summed E-state index contributed by atoms with van der Waals surface area (Å²) in [6.07, 6.45) is 2.72. The maximum absolute atomic E-state index is 12.9. The van der Waals surface area contributed by atoms with E-state index in [0.29, 0.717) is 18.7 Å². The quantitative estimate of drug-likeness (QED) is 0.605. The Labute approximate surface area is 160 Å². The molecule has 0 aromatic heterocycles. The summed E-state index contributed by atoms with van der Waals surface area (Å²) in [7, 11) is 0. The number of hydrogen-bond acceptors (Lipinski definition) is 2. The number of carbonyl (C=O) groups excluding carboxylic acids is 2. The van der Waals surface area contributed by atoms with Crippen molar-refractivity contribution in [2.75, 3.05) is 6.54 Å². The first-order chi connectivity index (χ1) is 13.1. The van der Waals surface area contributed by atoms with Crippen LogP contribution >= 0.6 is 0 Å². The lowest BCUT2D eigenvalue weighted by Gasteiger charge is -2.24. The van der Waals surface area contributed by atoms with Crippen LogP contribution in [0.15, 0.2) is 54.2 Å². The molecule has 139 valence electrons. The summed E-state index contributed by atoms with van der Waals surface area (Å²) in [6.45, 7) is 4.87. The van der Waals surface area contributed by atoms with E-state index in [9.17, 15) is 9.59 Å². The van der Waals surface area contributed by atoms with Crippen LogP contribution in [0, 0.1) is 0 Å². The molecule has 1 aliphatic heterocycles. The van der Waals surface area contributed by atoms with Gasteiger partial charge in [0.15, 0.2) is 0 Å². The highest BCUT2D eigenvalue weighted by atomic mass is 16.1. The molecule has 1 heterocycles. The largest absolute Gasteiger partial charge is 0.352 e. The number of carbonyl (C=O) groups is 2. The van der Waals surface area contributed by atoms with Crippen molar-refractivity contribution in [1.82, 2.24) is 10.6 Å². The van der Waals surface area contributed by atoms with E-state index in [4.69, 9.17) is 0 Å². The number of fused-ring (bicyclic) bond motifs is 1. The first-order valence-corrected chi connectivity index (χ1v) is 9.39. The molecule has 0 saturated heterocycles. The predicted molar refractivity (Wildman–Crippen MR) is 107 cm³/mol. The summed E-state index contributed by atoms with van der Waals surface area (Å²) in [5, 5.41) is 7.54. The summed E-state index contributed by atoms with van der Waals surface area (Å²) in [4.78, 5) is 24.3. The summed E-state index contributed by atoms with van der Waals surface area (Å²) in [6, 6.07) is 16.1. The predicted octanol–water partition coefficient (Wildman–Crippen LogP) is 3.59. The number of rotatable bonds is 7. The number of amides is 1. The number of aldehydes is 1. The van der Waals surface area contributed by atoms with Gasteiger partial charge in [0.25, 0.3) is 5.91 Å². The zero-order valence-electron chi connectivity index (χ0n) is 15.9. The minimum Gasteiger partial charge on any atom is -0.352 e. The van der Waals surface area contributed by atoms with E-state index in [1.807, 2.05) is 50.2 Å². The van der Waals surface area contributed by atoms with Gasteiger partial charge < -0.3 is 10.1 Å². The molecule has 0 spiro atoms. The van der Waals surface area contributed by atoms with Crippen LogP contribution in [0.5, 0.6) is 0 Å². The van der Waals surface area contributed by atoms with Crippen molar-refractivity contribution in [3.8, 4) is 0 Å². The van der Waals surface area contributed by atoms with Gasteiger partial charge in [-0.1, -0.05) is 55.5 Å². The molecule has 0 aliphatic carbocycles. The van der Waals surface area contributed by atoms with Crippen LogP contribution in [0.1, 0.15) is 48.4 Å². The van der Waals surface area contributed by atoms with Gasteiger partial charge in [-0.2, -0.15) is 0 Å². The zero-order chi connectivity index (χ0) is 19.2. The Morgan fingerprint density at radius 3 is 2.70 bits per heavy atom. The first kappa shape index (κ1) is 18.9. The molecule has 0 bridgehead atoms. The van der Waals surface area contributed by atoms with E-state index >= 15 is 0 Å². The van der Waals surface area contributed by atoms with Gasteiger partial charge in [-0.15, -0.1) is 0 Å². The number of hydrogen-bond donors (Lipinski definition) is 1. The monoisotopic (exact) mass is 361 g/mol. The van der Waals surface area contributed by atoms with Gasteiger partial charge >= 0.3 is 0 Å². The van der Waals surface area contributed by atoms with E-state index < -0.39 is 0 Å². The van der Waals surface area contributed by atoms with E-state index in [0.717, 1.165) is 41.5 Å². The minimum absolute atomic E-state index is 0.115. The summed E-state index contributed by atoms with van der Waals surface area (Å²) in [5.41, 5.74) is 5.37. The first-order valence-electron chi connectivity index (χ1n) is 9.39. The molecule has 4 heteroatoms. The lowest BCUT2D eigenvalue weighted by molar-refractivity contribution is -0.115. The normalized spacial score (nSPS) is 14.1. The Morgan fingerprint density at radius 1 is 1.19 bits per heavy atom. The van der Waals surface area contributed by atoms with Crippen LogP contribution in [0.3, 0.4) is 0 Å². The average molecular weight is 361 g/mol. The third kappa shape index (κ3) is 4.27. The molecule has 4 nitrogen and oxygen atoms in total. The molecular weight excluding hydrogens is 336 g/mol. The maximum Gasteiger partial charge on any atom is 0.253 e. The highest BCUT2D eigenvalue weighted by Crippen LogP contribution is 2.33. The van der Waals surface area contributed by atoms with Crippen LogP contribution in [0.4, 0.5) is 0 Å². The molecule has 1 aliphatic rings.